The SMILES string of the molecule is CCOc1ccc(N2CCN(S(=O)C3(C(=O)NOC4CCCCO4)CCOCC3)CC2)cc1. The van der Waals surface area contributed by atoms with Gasteiger partial charge in [0.15, 0.2) is 6.29 Å². The number of carbonyl (C=O) groups is 1. The normalized spacial score (nSPS) is 24.8. The molecule has 2 atom stereocenters. The standard InChI is InChI=1S/C23H35N3O6S/c1-2-30-20-8-6-19(7-9-20)25-12-14-26(15-13-25)33(28)23(10-17-29-18-11-23)22(27)24-32-21-5-3-4-16-31-21/h6-9,21H,2-5,10-18H2,1H3,(H,24,27). The predicted octanol–water partition coefficient (Wildman–Crippen LogP) is 1.99. The first-order valence-corrected chi connectivity index (χ1v) is 13.0. The van der Waals surface area contributed by atoms with Crippen LogP contribution in [0, 0.1) is 0 Å². The van der Waals surface area contributed by atoms with Gasteiger partial charge in [-0.1, -0.05) is 0 Å². The molecule has 0 aromatic heterocycles. The van der Waals surface area contributed by atoms with E-state index in [1.807, 2.05) is 23.4 Å². The highest BCUT2D eigenvalue weighted by atomic mass is 32.2. The highest BCUT2D eigenvalue weighted by Gasteiger charge is 2.49. The molecule has 1 aromatic rings. The second-order valence-electron chi connectivity index (χ2n) is 8.54. The molecular weight excluding hydrogens is 446 g/mol. The van der Waals surface area contributed by atoms with Gasteiger partial charge >= 0.3 is 0 Å². The molecule has 3 aliphatic heterocycles. The molecule has 0 saturated carbocycles. The summed E-state index contributed by atoms with van der Waals surface area (Å²) >= 11 is 0. The summed E-state index contributed by atoms with van der Waals surface area (Å²) in [4.78, 5) is 21.0. The highest BCUT2D eigenvalue weighted by Crippen LogP contribution is 2.31. The van der Waals surface area contributed by atoms with E-state index in [1.54, 1.807) is 0 Å². The van der Waals surface area contributed by atoms with Crippen LogP contribution in [0.15, 0.2) is 24.3 Å². The maximum atomic E-state index is 13.7. The molecule has 1 amide bonds. The Kier molecular flexibility index (Phi) is 8.59. The van der Waals surface area contributed by atoms with Crippen LogP contribution in [0.1, 0.15) is 39.0 Å². The quantitative estimate of drug-likeness (QED) is 0.568. The second kappa shape index (κ2) is 11.6. The van der Waals surface area contributed by atoms with Gasteiger partial charge in [-0.05, 0) is 56.9 Å². The van der Waals surface area contributed by atoms with Crippen molar-refractivity contribution in [1.29, 1.82) is 0 Å². The summed E-state index contributed by atoms with van der Waals surface area (Å²) in [6.45, 7) is 6.75. The van der Waals surface area contributed by atoms with Crippen molar-refractivity contribution in [3.05, 3.63) is 24.3 Å². The molecule has 2 unspecified atom stereocenters. The summed E-state index contributed by atoms with van der Waals surface area (Å²) in [6, 6.07) is 8.05. The average Bonchev–Trinajstić information content (AvgIpc) is 2.88. The van der Waals surface area contributed by atoms with Crippen LogP contribution < -0.4 is 15.1 Å². The van der Waals surface area contributed by atoms with Crippen molar-refractivity contribution in [1.82, 2.24) is 9.79 Å². The van der Waals surface area contributed by atoms with Crippen LogP contribution in [0.3, 0.4) is 0 Å². The fraction of sp³-hybridized carbons (Fsp3) is 0.696. The Labute approximate surface area is 198 Å². The lowest BCUT2D eigenvalue weighted by molar-refractivity contribution is -0.202. The molecule has 0 spiro atoms. The molecule has 0 bridgehead atoms. The molecule has 10 heteroatoms. The number of carbonyl (C=O) groups excluding carboxylic acids is 1. The van der Waals surface area contributed by atoms with Crippen molar-refractivity contribution < 1.29 is 28.1 Å². The van der Waals surface area contributed by atoms with Gasteiger partial charge in [0.05, 0.1) is 6.61 Å². The lowest BCUT2D eigenvalue weighted by Gasteiger charge is -2.41. The largest absolute Gasteiger partial charge is 0.494 e. The number of hydroxylamine groups is 1. The predicted molar refractivity (Wildman–Crippen MR) is 125 cm³/mol. The first-order valence-electron chi connectivity index (χ1n) is 11.9. The number of hydrogen-bond acceptors (Lipinski definition) is 7. The average molecular weight is 482 g/mol. The zero-order chi connectivity index (χ0) is 23.1. The van der Waals surface area contributed by atoms with Gasteiger partial charge in [-0.25, -0.2) is 18.8 Å². The van der Waals surface area contributed by atoms with Crippen LogP contribution in [-0.2, 0) is 30.1 Å². The number of hydrogen-bond donors (Lipinski definition) is 1. The van der Waals surface area contributed by atoms with Gasteiger partial charge in [-0.2, -0.15) is 0 Å². The highest BCUT2D eigenvalue weighted by molar-refractivity contribution is 7.85. The summed E-state index contributed by atoms with van der Waals surface area (Å²) < 4.78 is 31.2. The minimum atomic E-state index is -1.49. The van der Waals surface area contributed by atoms with E-state index in [0.717, 1.165) is 43.8 Å². The summed E-state index contributed by atoms with van der Waals surface area (Å²) in [7, 11) is -1.49. The van der Waals surface area contributed by atoms with Gasteiger partial charge < -0.3 is 19.1 Å². The smallest absolute Gasteiger partial charge is 0.264 e. The number of piperazine rings is 1. The third kappa shape index (κ3) is 5.86. The Balaban J connectivity index is 1.36. The number of ether oxygens (including phenoxy) is 3. The van der Waals surface area contributed by atoms with Gasteiger partial charge in [-0.15, -0.1) is 0 Å². The zero-order valence-corrected chi connectivity index (χ0v) is 20.1. The second-order valence-corrected chi connectivity index (χ2v) is 10.3. The third-order valence-corrected chi connectivity index (χ3v) is 8.55. The van der Waals surface area contributed by atoms with Crippen molar-refractivity contribution in [3.8, 4) is 5.75 Å². The molecule has 3 heterocycles. The van der Waals surface area contributed by atoms with E-state index in [0.29, 0.717) is 52.4 Å². The number of amides is 1. The van der Waals surface area contributed by atoms with Crippen LogP contribution in [0.4, 0.5) is 5.69 Å². The lowest BCUT2D eigenvalue weighted by atomic mass is 9.98. The van der Waals surface area contributed by atoms with E-state index in [9.17, 15) is 9.00 Å². The molecule has 0 aliphatic carbocycles. The zero-order valence-electron chi connectivity index (χ0n) is 19.3. The number of rotatable bonds is 8. The van der Waals surface area contributed by atoms with Gasteiger partial charge in [0, 0.05) is 58.1 Å². The van der Waals surface area contributed by atoms with E-state index in [-0.39, 0.29) is 5.91 Å². The number of nitrogens with one attached hydrogen (secondary N) is 1. The summed E-state index contributed by atoms with van der Waals surface area (Å²) in [5, 5.41) is 0. The van der Waals surface area contributed by atoms with E-state index >= 15 is 0 Å². The van der Waals surface area contributed by atoms with E-state index in [4.69, 9.17) is 19.0 Å². The van der Waals surface area contributed by atoms with Crippen LogP contribution in [0.5, 0.6) is 5.75 Å². The van der Waals surface area contributed by atoms with Crippen molar-refractivity contribution >= 4 is 22.6 Å². The Bertz CT molecular complexity index is 788. The van der Waals surface area contributed by atoms with Gasteiger partial charge in [0.2, 0.25) is 0 Å². The van der Waals surface area contributed by atoms with Crippen molar-refractivity contribution in [2.45, 2.75) is 50.1 Å². The molecule has 1 N–H and O–H groups in total. The molecule has 4 rings (SSSR count). The van der Waals surface area contributed by atoms with Gasteiger partial charge in [0.1, 0.15) is 21.5 Å². The van der Waals surface area contributed by atoms with E-state index < -0.39 is 22.0 Å². The minimum absolute atomic E-state index is 0.341. The summed E-state index contributed by atoms with van der Waals surface area (Å²) in [6.07, 6.45) is 3.11. The topological polar surface area (TPSA) is 89.6 Å². The molecule has 3 saturated heterocycles. The first-order chi connectivity index (χ1) is 16.1. The van der Waals surface area contributed by atoms with Crippen molar-refractivity contribution in [3.63, 3.8) is 0 Å². The van der Waals surface area contributed by atoms with Crippen LogP contribution >= 0.6 is 0 Å². The molecule has 3 fully saturated rings. The fourth-order valence-corrected chi connectivity index (χ4v) is 6.18. The Morgan fingerprint density at radius 2 is 1.85 bits per heavy atom. The van der Waals surface area contributed by atoms with Crippen LogP contribution in [0.25, 0.3) is 0 Å². The molecule has 9 nitrogen and oxygen atoms in total. The first kappa shape index (κ1) is 24.4. The number of nitrogens with zero attached hydrogens (tertiary/aromatic N) is 2. The molecule has 0 radical (unpaired) electrons. The molecular formula is C23H35N3O6S. The molecule has 184 valence electrons. The van der Waals surface area contributed by atoms with E-state index in [1.165, 1.54) is 0 Å². The Morgan fingerprint density at radius 1 is 1.12 bits per heavy atom. The lowest BCUT2D eigenvalue weighted by Crippen LogP contribution is -2.60. The maximum Gasteiger partial charge on any atom is 0.264 e. The Morgan fingerprint density at radius 3 is 2.48 bits per heavy atom. The maximum absolute atomic E-state index is 13.7. The summed E-state index contributed by atoms with van der Waals surface area (Å²) in [5.74, 6) is 0.515. The monoisotopic (exact) mass is 481 g/mol. The van der Waals surface area contributed by atoms with Crippen LogP contribution in [-0.4, -0.2) is 78.1 Å². The van der Waals surface area contributed by atoms with Crippen molar-refractivity contribution in [2.75, 3.05) is 57.5 Å². The summed E-state index contributed by atoms with van der Waals surface area (Å²) in [5.41, 5.74) is 3.69. The molecule has 3 aliphatic rings. The molecule has 33 heavy (non-hydrogen) atoms. The molecule has 1 aromatic carbocycles. The van der Waals surface area contributed by atoms with E-state index in [2.05, 4.69) is 22.5 Å². The Hall–Kier alpha value is -1.72. The van der Waals surface area contributed by atoms with Gasteiger partial charge in [0.25, 0.3) is 5.91 Å². The van der Waals surface area contributed by atoms with Gasteiger partial charge in [-0.3, -0.25) is 4.79 Å². The minimum Gasteiger partial charge on any atom is -0.494 e. The number of anilines is 1. The third-order valence-electron chi connectivity index (χ3n) is 6.46. The van der Waals surface area contributed by atoms with Crippen LogP contribution in [0.2, 0.25) is 0 Å². The van der Waals surface area contributed by atoms with Crippen molar-refractivity contribution in [2.24, 2.45) is 0 Å². The number of benzene rings is 1. The fourth-order valence-electron chi connectivity index (χ4n) is 4.48.